The maximum Gasteiger partial charge on any atom is 0.232 e. The minimum atomic E-state index is -0.195. The van der Waals surface area contributed by atoms with E-state index in [1.54, 1.807) is 5.38 Å². The first-order valence-corrected chi connectivity index (χ1v) is 8.64. The molecule has 116 valence electrons. The van der Waals surface area contributed by atoms with E-state index in [0.717, 1.165) is 16.3 Å². The normalized spacial score (nSPS) is 10.5. The molecule has 1 aromatic carbocycles. The van der Waals surface area contributed by atoms with Crippen LogP contribution in [0.1, 0.15) is 23.1 Å². The van der Waals surface area contributed by atoms with Gasteiger partial charge in [-0.05, 0) is 0 Å². The number of amides is 1. The zero-order valence-corrected chi connectivity index (χ0v) is 13.9. The van der Waals surface area contributed by atoms with Gasteiger partial charge in [0.25, 0.3) is 0 Å². The third kappa shape index (κ3) is 3.88. The number of nitrogens with one attached hydrogen (secondary N) is 1. The first kappa shape index (κ1) is 15.5. The van der Waals surface area contributed by atoms with E-state index in [1.807, 2.05) is 35.7 Å². The number of anilines is 1. The highest BCUT2D eigenvalue weighted by Crippen LogP contribution is 2.23. The molecule has 3 aromatic rings. The van der Waals surface area contributed by atoms with Crippen molar-refractivity contribution in [2.24, 2.45) is 0 Å². The van der Waals surface area contributed by atoms with Crippen molar-refractivity contribution in [3.8, 4) is 10.6 Å². The maximum absolute atomic E-state index is 12.0. The van der Waals surface area contributed by atoms with Gasteiger partial charge < -0.3 is 5.32 Å². The van der Waals surface area contributed by atoms with E-state index in [0.29, 0.717) is 10.8 Å². The Morgan fingerprint density at radius 1 is 1.09 bits per heavy atom. The van der Waals surface area contributed by atoms with Gasteiger partial charge in [-0.15, -0.1) is 22.7 Å². The van der Waals surface area contributed by atoms with E-state index in [2.05, 4.69) is 15.3 Å². The van der Waals surface area contributed by atoms with Gasteiger partial charge in [-0.25, -0.2) is 9.97 Å². The smallest absolute Gasteiger partial charge is 0.232 e. The maximum atomic E-state index is 12.0. The van der Waals surface area contributed by atoms with E-state index in [1.165, 1.54) is 29.6 Å². The van der Waals surface area contributed by atoms with Crippen LogP contribution in [0.4, 0.5) is 5.13 Å². The Morgan fingerprint density at radius 2 is 1.87 bits per heavy atom. The molecule has 0 atom stereocenters. The molecule has 0 unspecified atom stereocenters. The SMILES string of the molecule is CC(=O)c1csc(NC(=O)Cc2csc(-c3ccccc3)n2)n1. The minimum Gasteiger partial charge on any atom is -0.302 e. The number of carbonyl (C=O) groups excluding carboxylic acids is 2. The predicted octanol–water partition coefficient (Wildman–Crippen LogP) is 3.65. The number of nitrogens with zero attached hydrogens (tertiary/aromatic N) is 2. The van der Waals surface area contributed by atoms with Gasteiger partial charge in [0.2, 0.25) is 5.91 Å². The van der Waals surface area contributed by atoms with Crippen LogP contribution in [0.5, 0.6) is 0 Å². The first-order valence-electron chi connectivity index (χ1n) is 6.88. The highest BCUT2D eigenvalue weighted by Gasteiger charge is 2.12. The molecule has 1 N–H and O–H groups in total. The summed E-state index contributed by atoms with van der Waals surface area (Å²) in [5.41, 5.74) is 2.12. The van der Waals surface area contributed by atoms with Crippen LogP contribution in [0.25, 0.3) is 10.6 Å². The quantitative estimate of drug-likeness (QED) is 0.718. The molecule has 0 aliphatic rings. The van der Waals surface area contributed by atoms with Crippen molar-refractivity contribution < 1.29 is 9.59 Å². The number of Topliss-reactive ketones (excluding diaryl/α,β-unsaturated/α-hetero) is 1. The summed E-state index contributed by atoms with van der Waals surface area (Å²) in [5, 5.41) is 7.53. The average molecular weight is 343 g/mol. The second-order valence-corrected chi connectivity index (χ2v) is 6.55. The van der Waals surface area contributed by atoms with E-state index in [9.17, 15) is 9.59 Å². The predicted molar refractivity (Wildman–Crippen MR) is 92.0 cm³/mol. The summed E-state index contributed by atoms with van der Waals surface area (Å²) in [7, 11) is 0. The molecule has 0 aliphatic carbocycles. The molecular weight excluding hydrogens is 330 g/mol. The van der Waals surface area contributed by atoms with Crippen LogP contribution in [0.2, 0.25) is 0 Å². The first-order chi connectivity index (χ1) is 11.1. The molecule has 2 heterocycles. The van der Waals surface area contributed by atoms with Crippen LogP contribution < -0.4 is 5.32 Å². The van der Waals surface area contributed by atoms with Gasteiger partial charge in [-0.3, -0.25) is 9.59 Å². The third-order valence-electron chi connectivity index (χ3n) is 3.03. The molecule has 0 bridgehead atoms. The van der Waals surface area contributed by atoms with Crippen molar-refractivity contribution in [3.05, 3.63) is 52.5 Å². The fraction of sp³-hybridized carbons (Fsp3) is 0.125. The lowest BCUT2D eigenvalue weighted by molar-refractivity contribution is -0.115. The fourth-order valence-electron chi connectivity index (χ4n) is 1.92. The molecule has 0 radical (unpaired) electrons. The van der Waals surface area contributed by atoms with Gasteiger partial charge >= 0.3 is 0 Å². The molecule has 7 heteroatoms. The topological polar surface area (TPSA) is 72.0 Å². The molecule has 1 amide bonds. The highest BCUT2D eigenvalue weighted by molar-refractivity contribution is 7.14. The van der Waals surface area contributed by atoms with Crippen molar-refractivity contribution in [1.29, 1.82) is 0 Å². The Bertz CT molecular complexity index is 840. The van der Waals surface area contributed by atoms with Crippen molar-refractivity contribution in [2.75, 3.05) is 5.32 Å². The molecule has 0 fully saturated rings. The number of hydrogen-bond donors (Lipinski definition) is 1. The summed E-state index contributed by atoms with van der Waals surface area (Å²) in [5.74, 6) is -0.312. The molecular formula is C16H13N3O2S2. The Kier molecular flexibility index (Phi) is 4.59. The van der Waals surface area contributed by atoms with Crippen molar-refractivity contribution in [2.45, 2.75) is 13.3 Å². The Labute approximate surface area is 141 Å². The molecule has 23 heavy (non-hydrogen) atoms. The zero-order chi connectivity index (χ0) is 16.2. The fourth-order valence-corrected chi connectivity index (χ4v) is 3.51. The number of aromatic nitrogens is 2. The summed E-state index contributed by atoms with van der Waals surface area (Å²) in [6.45, 7) is 1.45. The molecule has 0 aliphatic heterocycles. The average Bonchev–Trinajstić information content (AvgIpc) is 3.18. The Balaban J connectivity index is 1.64. The van der Waals surface area contributed by atoms with Crippen LogP contribution in [0.3, 0.4) is 0 Å². The van der Waals surface area contributed by atoms with Gasteiger partial charge in [0.1, 0.15) is 10.7 Å². The third-order valence-corrected chi connectivity index (χ3v) is 4.72. The second-order valence-electron chi connectivity index (χ2n) is 4.83. The molecule has 0 saturated carbocycles. The second kappa shape index (κ2) is 6.80. The number of thiazole rings is 2. The van der Waals surface area contributed by atoms with Gasteiger partial charge in [0.15, 0.2) is 10.9 Å². The van der Waals surface area contributed by atoms with Crippen molar-refractivity contribution in [3.63, 3.8) is 0 Å². The number of ketones is 1. The van der Waals surface area contributed by atoms with E-state index in [-0.39, 0.29) is 18.1 Å². The molecule has 3 rings (SSSR count). The van der Waals surface area contributed by atoms with E-state index >= 15 is 0 Å². The van der Waals surface area contributed by atoms with Crippen LogP contribution in [-0.2, 0) is 11.2 Å². The van der Waals surface area contributed by atoms with Crippen LogP contribution in [0.15, 0.2) is 41.1 Å². The van der Waals surface area contributed by atoms with Gasteiger partial charge in [-0.1, -0.05) is 30.3 Å². The summed E-state index contributed by atoms with van der Waals surface area (Å²) in [4.78, 5) is 31.8. The van der Waals surface area contributed by atoms with Gasteiger partial charge in [0.05, 0.1) is 12.1 Å². The number of hydrogen-bond acceptors (Lipinski definition) is 6. The highest BCUT2D eigenvalue weighted by atomic mass is 32.1. The van der Waals surface area contributed by atoms with Crippen molar-refractivity contribution >= 4 is 39.5 Å². The monoisotopic (exact) mass is 343 g/mol. The van der Waals surface area contributed by atoms with Crippen LogP contribution >= 0.6 is 22.7 Å². The van der Waals surface area contributed by atoms with E-state index < -0.39 is 0 Å². The molecule has 2 aromatic heterocycles. The molecule has 0 spiro atoms. The van der Waals surface area contributed by atoms with Gasteiger partial charge in [-0.2, -0.15) is 0 Å². The minimum absolute atomic E-state index is 0.117. The Hall–Kier alpha value is -2.38. The lowest BCUT2D eigenvalue weighted by Crippen LogP contribution is -2.14. The summed E-state index contributed by atoms with van der Waals surface area (Å²) in [6.07, 6.45) is 0.179. The Morgan fingerprint density at radius 3 is 2.57 bits per heavy atom. The van der Waals surface area contributed by atoms with E-state index in [4.69, 9.17) is 0 Å². The standard InChI is InChI=1S/C16H13N3O2S2/c1-10(20)13-9-23-16(18-13)19-14(21)7-12-8-22-15(17-12)11-5-3-2-4-6-11/h2-6,8-9H,7H2,1H3,(H,18,19,21). The largest absolute Gasteiger partial charge is 0.302 e. The number of rotatable bonds is 5. The number of carbonyl (C=O) groups is 2. The van der Waals surface area contributed by atoms with Crippen molar-refractivity contribution in [1.82, 2.24) is 9.97 Å². The van der Waals surface area contributed by atoms with Crippen LogP contribution in [-0.4, -0.2) is 21.7 Å². The summed E-state index contributed by atoms with van der Waals surface area (Å²) in [6, 6.07) is 9.84. The molecule has 5 nitrogen and oxygen atoms in total. The summed E-state index contributed by atoms with van der Waals surface area (Å²) < 4.78 is 0. The lowest BCUT2D eigenvalue weighted by atomic mass is 10.2. The summed E-state index contributed by atoms with van der Waals surface area (Å²) >= 11 is 2.75. The lowest BCUT2D eigenvalue weighted by Gasteiger charge is -1.99. The van der Waals surface area contributed by atoms with Crippen LogP contribution in [0, 0.1) is 0 Å². The van der Waals surface area contributed by atoms with Gasteiger partial charge in [0, 0.05) is 23.2 Å². The zero-order valence-electron chi connectivity index (χ0n) is 12.3. The molecule has 0 saturated heterocycles. The number of benzene rings is 1.